The Morgan fingerprint density at radius 1 is 1.08 bits per heavy atom. The van der Waals surface area contributed by atoms with E-state index in [9.17, 15) is 9.59 Å². The van der Waals surface area contributed by atoms with E-state index in [1.54, 1.807) is 30.3 Å². The Balaban J connectivity index is 1.75. The molecule has 0 aliphatic heterocycles. The van der Waals surface area contributed by atoms with Crippen molar-refractivity contribution in [2.45, 2.75) is 6.54 Å². The first-order chi connectivity index (χ1) is 11.6. The standard InChI is InChI=1S/C19H18N2O3/c1-21(12-13-7-9-14(10-8-13)19(23)24-2)18(22)16-11-20-17-6-4-3-5-15(16)17/h3-11,20H,12H2,1-2H3. The average molecular weight is 322 g/mol. The maximum absolute atomic E-state index is 12.7. The van der Waals surface area contributed by atoms with Crippen LogP contribution in [0.5, 0.6) is 0 Å². The SMILES string of the molecule is COC(=O)c1ccc(CN(C)C(=O)c2c[nH]c3ccccc23)cc1. The quantitative estimate of drug-likeness (QED) is 0.750. The number of hydrogen-bond acceptors (Lipinski definition) is 3. The third-order valence-corrected chi connectivity index (χ3v) is 3.96. The van der Waals surface area contributed by atoms with Crippen LogP contribution in [0.1, 0.15) is 26.3 Å². The number of rotatable bonds is 4. The van der Waals surface area contributed by atoms with Crippen LogP contribution in [-0.2, 0) is 11.3 Å². The third-order valence-electron chi connectivity index (χ3n) is 3.96. The minimum Gasteiger partial charge on any atom is -0.465 e. The van der Waals surface area contributed by atoms with E-state index < -0.39 is 0 Å². The van der Waals surface area contributed by atoms with E-state index in [-0.39, 0.29) is 11.9 Å². The topological polar surface area (TPSA) is 62.4 Å². The van der Waals surface area contributed by atoms with E-state index in [2.05, 4.69) is 9.72 Å². The van der Waals surface area contributed by atoms with E-state index in [0.29, 0.717) is 17.7 Å². The zero-order chi connectivity index (χ0) is 17.1. The maximum atomic E-state index is 12.7. The van der Waals surface area contributed by atoms with Crippen molar-refractivity contribution in [3.63, 3.8) is 0 Å². The predicted molar refractivity (Wildman–Crippen MR) is 91.9 cm³/mol. The summed E-state index contributed by atoms with van der Waals surface area (Å²) < 4.78 is 4.68. The third kappa shape index (κ3) is 3.01. The van der Waals surface area contributed by atoms with Crippen LogP contribution in [0.25, 0.3) is 10.9 Å². The highest BCUT2D eigenvalue weighted by Crippen LogP contribution is 2.19. The number of para-hydroxylation sites is 1. The molecule has 0 fully saturated rings. The molecule has 1 amide bonds. The van der Waals surface area contributed by atoms with Crippen LogP contribution in [-0.4, -0.2) is 35.9 Å². The fraction of sp³-hybridized carbons (Fsp3) is 0.158. The van der Waals surface area contributed by atoms with Gasteiger partial charge in [-0.3, -0.25) is 4.79 Å². The number of H-pyrrole nitrogens is 1. The van der Waals surface area contributed by atoms with Gasteiger partial charge in [-0.25, -0.2) is 4.79 Å². The van der Waals surface area contributed by atoms with Gasteiger partial charge < -0.3 is 14.6 Å². The molecule has 1 heterocycles. The molecule has 122 valence electrons. The Labute approximate surface area is 139 Å². The molecule has 0 atom stereocenters. The highest BCUT2D eigenvalue weighted by Gasteiger charge is 2.16. The van der Waals surface area contributed by atoms with E-state index in [4.69, 9.17) is 0 Å². The Hall–Kier alpha value is -3.08. The van der Waals surface area contributed by atoms with Gasteiger partial charge in [0.1, 0.15) is 0 Å². The number of esters is 1. The molecule has 3 rings (SSSR count). The maximum Gasteiger partial charge on any atom is 0.337 e. The molecule has 0 spiro atoms. The van der Waals surface area contributed by atoms with Crippen molar-refractivity contribution < 1.29 is 14.3 Å². The van der Waals surface area contributed by atoms with Gasteiger partial charge in [0, 0.05) is 30.7 Å². The molecule has 0 aliphatic rings. The second kappa shape index (κ2) is 6.58. The summed E-state index contributed by atoms with van der Waals surface area (Å²) in [6.45, 7) is 0.458. The fourth-order valence-electron chi connectivity index (χ4n) is 2.66. The van der Waals surface area contributed by atoms with Crippen molar-refractivity contribution in [1.82, 2.24) is 9.88 Å². The molecule has 0 radical (unpaired) electrons. The summed E-state index contributed by atoms with van der Waals surface area (Å²) in [6, 6.07) is 14.8. The van der Waals surface area contributed by atoms with Crippen LogP contribution in [0.3, 0.4) is 0 Å². The number of ether oxygens (including phenoxy) is 1. The largest absolute Gasteiger partial charge is 0.465 e. The molecule has 5 nitrogen and oxygen atoms in total. The number of aromatic amines is 1. The number of carbonyl (C=O) groups is 2. The normalized spacial score (nSPS) is 10.6. The van der Waals surface area contributed by atoms with Gasteiger partial charge in [-0.2, -0.15) is 0 Å². The average Bonchev–Trinajstić information content (AvgIpc) is 3.05. The highest BCUT2D eigenvalue weighted by molar-refractivity contribution is 6.06. The molecular weight excluding hydrogens is 304 g/mol. The Kier molecular flexibility index (Phi) is 4.33. The predicted octanol–water partition coefficient (Wildman–Crippen LogP) is 3.23. The number of fused-ring (bicyclic) bond motifs is 1. The molecule has 5 heteroatoms. The molecule has 0 unspecified atom stereocenters. The molecule has 0 saturated carbocycles. The Morgan fingerprint density at radius 3 is 2.50 bits per heavy atom. The number of aromatic nitrogens is 1. The second-order valence-corrected chi connectivity index (χ2v) is 5.60. The number of nitrogens with one attached hydrogen (secondary N) is 1. The zero-order valence-corrected chi connectivity index (χ0v) is 13.6. The van der Waals surface area contributed by atoms with Gasteiger partial charge in [-0.05, 0) is 23.8 Å². The van der Waals surface area contributed by atoms with E-state index in [0.717, 1.165) is 16.5 Å². The van der Waals surface area contributed by atoms with Crippen molar-refractivity contribution in [1.29, 1.82) is 0 Å². The summed E-state index contributed by atoms with van der Waals surface area (Å²) in [5.41, 5.74) is 3.03. The lowest BCUT2D eigenvalue weighted by Crippen LogP contribution is -2.26. The molecule has 3 aromatic rings. The minimum absolute atomic E-state index is 0.0514. The number of amides is 1. The molecular formula is C19H18N2O3. The second-order valence-electron chi connectivity index (χ2n) is 5.60. The van der Waals surface area contributed by atoms with Crippen molar-refractivity contribution in [2.24, 2.45) is 0 Å². The van der Waals surface area contributed by atoms with Crippen LogP contribution in [0.15, 0.2) is 54.7 Å². The van der Waals surface area contributed by atoms with Crippen LogP contribution in [0.4, 0.5) is 0 Å². The molecule has 24 heavy (non-hydrogen) atoms. The lowest BCUT2D eigenvalue weighted by molar-refractivity contribution is 0.0600. The summed E-state index contributed by atoms with van der Waals surface area (Å²) in [5, 5.41) is 0.912. The number of benzene rings is 2. The minimum atomic E-state index is -0.371. The lowest BCUT2D eigenvalue weighted by atomic mass is 10.1. The smallest absolute Gasteiger partial charge is 0.337 e. The van der Waals surface area contributed by atoms with E-state index in [1.807, 2.05) is 36.4 Å². The van der Waals surface area contributed by atoms with Gasteiger partial charge in [0.05, 0.1) is 18.2 Å². The van der Waals surface area contributed by atoms with Crippen molar-refractivity contribution in [2.75, 3.05) is 14.2 Å². The molecule has 0 bridgehead atoms. The van der Waals surface area contributed by atoms with Gasteiger partial charge in [0.25, 0.3) is 5.91 Å². The van der Waals surface area contributed by atoms with E-state index in [1.165, 1.54) is 7.11 Å². The van der Waals surface area contributed by atoms with Crippen molar-refractivity contribution in [3.8, 4) is 0 Å². The molecule has 0 saturated heterocycles. The summed E-state index contributed by atoms with van der Waals surface area (Å²) in [7, 11) is 3.11. The summed E-state index contributed by atoms with van der Waals surface area (Å²) in [5.74, 6) is -0.422. The first-order valence-corrected chi connectivity index (χ1v) is 7.59. The van der Waals surface area contributed by atoms with Gasteiger partial charge in [-0.1, -0.05) is 30.3 Å². The Morgan fingerprint density at radius 2 is 1.79 bits per heavy atom. The van der Waals surface area contributed by atoms with Crippen molar-refractivity contribution >= 4 is 22.8 Å². The van der Waals surface area contributed by atoms with Crippen LogP contribution < -0.4 is 0 Å². The summed E-state index contributed by atoms with van der Waals surface area (Å²) in [4.78, 5) is 28.9. The fourth-order valence-corrected chi connectivity index (χ4v) is 2.66. The number of hydrogen-bond donors (Lipinski definition) is 1. The van der Waals surface area contributed by atoms with Crippen LogP contribution >= 0.6 is 0 Å². The molecule has 1 N–H and O–H groups in total. The van der Waals surface area contributed by atoms with Gasteiger partial charge in [0.2, 0.25) is 0 Å². The van der Waals surface area contributed by atoms with Crippen molar-refractivity contribution in [3.05, 3.63) is 71.4 Å². The summed E-state index contributed by atoms with van der Waals surface area (Å²) >= 11 is 0. The van der Waals surface area contributed by atoms with Gasteiger partial charge in [0.15, 0.2) is 0 Å². The van der Waals surface area contributed by atoms with Crippen LogP contribution in [0.2, 0.25) is 0 Å². The first-order valence-electron chi connectivity index (χ1n) is 7.59. The van der Waals surface area contributed by atoms with Gasteiger partial charge in [-0.15, -0.1) is 0 Å². The highest BCUT2D eigenvalue weighted by atomic mass is 16.5. The first kappa shape index (κ1) is 15.8. The van der Waals surface area contributed by atoms with E-state index >= 15 is 0 Å². The number of methoxy groups -OCH3 is 1. The number of nitrogens with zero attached hydrogens (tertiary/aromatic N) is 1. The number of carbonyl (C=O) groups excluding carboxylic acids is 2. The molecule has 0 aliphatic carbocycles. The molecule has 2 aromatic carbocycles. The Bertz CT molecular complexity index is 881. The van der Waals surface area contributed by atoms with Crippen LogP contribution in [0, 0.1) is 0 Å². The lowest BCUT2D eigenvalue weighted by Gasteiger charge is -2.17. The van der Waals surface area contributed by atoms with Gasteiger partial charge >= 0.3 is 5.97 Å². The summed E-state index contributed by atoms with van der Waals surface area (Å²) in [6.07, 6.45) is 1.74. The monoisotopic (exact) mass is 322 g/mol. The molecule has 1 aromatic heterocycles. The zero-order valence-electron chi connectivity index (χ0n) is 13.6.